The average Bonchev–Trinajstić information content (AvgIpc) is 2.43. The van der Waals surface area contributed by atoms with E-state index in [9.17, 15) is 31.1 Å². The Bertz CT molecular complexity index is 761. The Labute approximate surface area is 156 Å². The third-order valence-corrected chi connectivity index (χ3v) is 3.43. The zero-order valence-corrected chi connectivity index (χ0v) is 15.3. The van der Waals surface area contributed by atoms with Gasteiger partial charge in [-0.2, -0.15) is 30.9 Å². The molecule has 1 heterocycles. The van der Waals surface area contributed by atoms with Crippen LogP contribution in [-0.2, 0) is 18.9 Å². The largest absolute Gasteiger partial charge is 1.00 e. The summed E-state index contributed by atoms with van der Waals surface area (Å²) in [6, 6.07) is 2.72. The van der Waals surface area contributed by atoms with E-state index in [0.29, 0.717) is 12.1 Å². The number of halogens is 7. The third kappa shape index (κ3) is 5.55. The van der Waals surface area contributed by atoms with Gasteiger partial charge in [-0.1, -0.05) is 0 Å². The first-order valence-electron chi connectivity index (χ1n) is 7.16. The van der Waals surface area contributed by atoms with E-state index >= 15 is 0 Å². The molecule has 0 aliphatic rings. The molecule has 2 rings (SSSR count). The molecule has 1 aromatic heterocycles. The summed E-state index contributed by atoms with van der Waals surface area (Å²) in [5.41, 5.74) is -2.01. The molecule has 1 aromatic carbocycles. The quantitative estimate of drug-likeness (QED) is 0.402. The molecule has 0 bridgehead atoms. The Balaban J connectivity index is 0.00000338. The first kappa shape index (κ1) is 22.1. The second-order valence-electron chi connectivity index (χ2n) is 5.78. The second-order valence-corrected chi connectivity index (χ2v) is 5.78. The molecular weight excluding hydrogens is 428 g/mol. The van der Waals surface area contributed by atoms with Crippen molar-refractivity contribution in [1.29, 1.82) is 0 Å². The molecule has 0 saturated heterocycles. The molecule has 9 heteroatoms. The summed E-state index contributed by atoms with van der Waals surface area (Å²) in [5.74, 6) is -0.841. The highest BCUT2D eigenvalue weighted by Gasteiger charge is 2.37. The van der Waals surface area contributed by atoms with Gasteiger partial charge in [-0.25, -0.2) is 0 Å². The number of aromatic nitrogens is 1. The molecule has 26 heavy (non-hydrogen) atoms. The Morgan fingerprint density at radius 1 is 0.846 bits per heavy atom. The monoisotopic (exact) mass is 441 g/mol. The summed E-state index contributed by atoms with van der Waals surface area (Å²) in [7, 11) is 0. The minimum Gasteiger partial charge on any atom is -1.00 e. The SMILES string of the molecule is Cc1cc(C)c[n+](CC(=O)c2cc(C(F)(F)F)cc(C(F)(F)F)c2)c1.[Br-]. The van der Waals surface area contributed by atoms with Gasteiger partial charge in [0.05, 0.1) is 11.1 Å². The van der Waals surface area contributed by atoms with E-state index < -0.39 is 34.8 Å². The van der Waals surface area contributed by atoms with Gasteiger partial charge in [0.25, 0.3) is 0 Å². The highest BCUT2D eigenvalue weighted by atomic mass is 79.9. The standard InChI is InChI=1S/C17H14F6NO.BrH/c1-10-3-11(2)8-24(7-10)9-15(25)12-4-13(16(18,19)20)6-14(5-12)17(21,22)23;/h3-8H,9H2,1-2H3;1H/q+1;/p-1. The van der Waals surface area contributed by atoms with Gasteiger partial charge in [-0.15, -0.1) is 0 Å². The molecule has 0 aliphatic heterocycles. The lowest BCUT2D eigenvalue weighted by Crippen LogP contribution is -3.00. The first-order valence-corrected chi connectivity index (χ1v) is 7.16. The molecule has 142 valence electrons. The predicted octanol–water partition coefficient (Wildman–Crippen LogP) is 1.52. The van der Waals surface area contributed by atoms with Crippen molar-refractivity contribution in [2.24, 2.45) is 0 Å². The van der Waals surface area contributed by atoms with Gasteiger partial charge in [0.2, 0.25) is 12.3 Å². The lowest BCUT2D eigenvalue weighted by atomic mass is 10.0. The predicted molar refractivity (Wildman–Crippen MR) is 76.9 cm³/mol. The van der Waals surface area contributed by atoms with Crippen LogP contribution in [0.1, 0.15) is 32.6 Å². The number of carbonyl (C=O) groups is 1. The minimum absolute atomic E-state index is 0. The maximum atomic E-state index is 12.8. The first-order chi connectivity index (χ1) is 11.4. The van der Waals surface area contributed by atoms with E-state index in [1.54, 1.807) is 26.2 Å². The van der Waals surface area contributed by atoms with Gasteiger partial charge in [-0.05, 0) is 38.1 Å². The van der Waals surface area contributed by atoms with Crippen molar-refractivity contribution in [1.82, 2.24) is 0 Å². The van der Waals surface area contributed by atoms with Crippen molar-refractivity contribution in [3.63, 3.8) is 0 Å². The van der Waals surface area contributed by atoms with Crippen LogP contribution < -0.4 is 21.5 Å². The van der Waals surface area contributed by atoms with Crippen LogP contribution in [0.5, 0.6) is 0 Å². The molecular formula is C17H14BrF6NO. The number of hydrogen-bond donors (Lipinski definition) is 0. The van der Waals surface area contributed by atoms with Crippen molar-refractivity contribution in [2.45, 2.75) is 32.7 Å². The van der Waals surface area contributed by atoms with Crippen LogP contribution in [0.4, 0.5) is 26.3 Å². The van der Waals surface area contributed by atoms with Crippen molar-refractivity contribution in [3.05, 3.63) is 64.5 Å². The summed E-state index contributed by atoms with van der Waals surface area (Å²) in [5, 5.41) is 0. The highest BCUT2D eigenvalue weighted by Crippen LogP contribution is 2.36. The van der Waals surface area contributed by atoms with Crippen LogP contribution >= 0.6 is 0 Å². The Kier molecular flexibility index (Phi) is 6.62. The number of hydrogen-bond acceptors (Lipinski definition) is 1. The number of alkyl halides is 6. The lowest BCUT2D eigenvalue weighted by molar-refractivity contribution is -0.683. The Morgan fingerprint density at radius 2 is 1.27 bits per heavy atom. The van der Waals surface area contributed by atoms with E-state index in [0.717, 1.165) is 11.1 Å². The normalized spacial score (nSPS) is 11.8. The van der Waals surface area contributed by atoms with Crippen LogP contribution in [0.25, 0.3) is 0 Å². The summed E-state index contributed by atoms with van der Waals surface area (Å²) >= 11 is 0. The Hall–Kier alpha value is -1.90. The number of ketones is 1. The van der Waals surface area contributed by atoms with Gasteiger partial charge in [0, 0.05) is 16.7 Å². The maximum absolute atomic E-state index is 12.8. The average molecular weight is 442 g/mol. The molecule has 0 radical (unpaired) electrons. The number of Topliss-reactive ketones (excluding diaryl/α,β-unsaturated/α-hetero) is 1. The molecule has 0 aliphatic carbocycles. The molecule has 0 amide bonds. The van der Waals surface area contributed by atoms with Gasteiger partial charge < -0.3 is 17.0 Å². The maximum Gasteiger partial charge on any atom is 0.416 e. The molecule has 0 N–H and O–H groups in total. The van der Waals surface area contributed by atoms with Crippen LogP contribution in [0.15, 0.2) is 36.7 Å². The Morgan fingerprint density at radius 3 is 1.65 bits per heavy atom. The van der Waals surface area contributed by atoms with Gasteiger partial charge >= 0.3 is 12.4 Å². The number of pyridine rings is 1. The zero-order valence-electron chi connectivity index (χ0n) is 13.7. The van der Waals surface area contributed by atoms with Crippen molar-refractivity contribution >= 4 is 5.78 Å². The topological polar surface area (TPSA) is 20.9 Å². The van der Waals surface area contributed by atoms with Gasteiger partial charge in [0.15, 0.2) is 12.4 Å². The van der Waals surface area contributed by atoms with Crippen LogP contribution in [0.3, 0.4) is 0 Å². The third-order valence-electron chi connectivity index (χ3n) is 3.43. The lowest BCUT2D eigenvalue weighted by Gasteiger charge is -2.13. The fourth-order valence-corrected chi connectivity index (χ4v) is 2.46. The van der Waals surface area contributed by atoms with Crippen molar-refractivity contribution in [3.8, 4) is 0 Å². The number of carbonyl (C=O) groups excluding carboxylic acids is 1. The second kappa shape index (κ2) is 7.77. The molecule has 0 saturated carbocycles. The summed E-state index contributed by atoms with van der Waals surface area (Å²) < 4.78 is 78.5. The van der Waals surface area contributed by atoms with E-state index in [1.807, 2.05) is 6.07 Å². The fraction of sp³-hybridized carbons (Fsp3) is 0.294. The van der Waals surface area contributed by atoms with E-state index in [2.05, 4.69) is 0 Å². The van der Waals surface area contributed by atoms with E-state index in [-0.39, 0.29) is 29.6 Å². The molecule has 0 fully saturated rings. The van der Waals surface area contributed by atoms with E-state index in [1.165, 1.54) is 4.57 Å². The van der Waals surface area contributed by atoms with Crippen LogP contribution in [0.2, 0.25) is 0 Å². The molecule has 0 atom stereocenters. The smallest absolute Gasteiger partial charge is 0.416 e. The molecule has 0 spiro atoms. The summed E-state index contributed by atoms with van der Waals surface area (Å²) in [6.07, 6.45) is -6.79. The summed E-state index contributed by atoms with van der Waals surface area (Å²) in [4.78, 5) is 12.2. The van der Waals surface area contributed by atoms with Crippen LogP contribution in [-0.4, -0.2) is 5.78 Å². The number of rotatable bonds is 3. The highest BCUT2D eigenvalue weighted by molar-refractivity contribution is 5.95. The van der Waals surface area contributed by atoms with Gasteiger partial charge in [0.1, 0.15) is 0 Å². The van der Waals surface area contributed by atoms with Crippen molar-refractivity contribution in [2.75, 3.05) is 0 Å². The van der Waals surface area contributed by atoms with Crippen molar-refractivity contribution < 1.29 is 52.7 Å². The zero-order chi connectivity index (χ0) is 19.0. The molecule has 0 unspecified atom stereocenters. The summed E-state index contributed by atoms with van der Waals surface area (Å²) in [6.45, 7) is 3.17. The number of benzene rings is 1. The van der Waals surface area contributed by atoms with Gasteiger partial charge in [-0.3, -0.25) is 4.79 Å². The van der Waals surface area contributed by atoms with Crippen LogP contribution in [0, 0.1) is 13.8 Å². The number of aryl methyl sites for hydroxylation is 2. The fourth-order valence-electron chi connectivity index (χ4n) is 2.46. The molecule has 2 aromatic rings. The molecule has 2 nitrogen and oxygen atoms in total. The minimum atomic E-state index is -4.98. The number of nitrogens with zero attached hydrogens (tertiary/aromatic N) is 1. The van der Waals surface area contributed by atoms with E-state index in [4.69, 9.17) is 0 Å².